The molecule has 1 aliphatic carbocycles. The molecule has 0 radical (unpaired) electrons. The molecular weight excluding hydrogens is 310 g/mol. The van der Waals surface area contributed by atoms with Crippen LogP contribution in [0.25, 0.3) is 0 Å². The van der Waals surface area contributed by atoms with Gasteiger partial charge in [-0.2, -0.15) is 0 Å². The highest BCUT2D eigenvalue weighted by atomic mass is 16.2. The van der Waals surface area contributed by atoms with Gasteiger partial charge < -0.3 is 4.90 Å². The lowest BCUT2D eigenvalue weighted by Gasteiger charge is -2.32. The summed E-state index contributed by atoms with van der Waals surface area (Å²) < 4.78 is 0. The predicted molar refractivity (Wildman–Crippen MR) is 103 cm³/mol. The number of Topliss-reactive ketones (excluding diaryl/α,β-unsaturated/α-hetero) is 1. The largest absolute Gasteiger partial charge is 0.335 e. The van der Waals surface area contributed by atoms with Crippen LogP contribution in [0.3, 0.4) is 0 Å². The molecule has 1 fully saturated rings. The highest BCUT2D eigenvalue weighted by Crippen LogP contribution is 2.33. The first-order valence-electron chi connectivity index (χ1n) is 9.81. The van der Waals surface area contributed by atoms with Crippen molar-refractivity contribution in [1.82, 2.24) is 4.90 Å². The molecule has 25 heavy (non-hydrogen) atoms. The second-order valence-corrected chi connectivity index (χ2v) is 7.72. The summed E-state index contributed by atoms with van der Waals surface area (Å²) in [5.41, 5.74) is 1.81. The summed E-state index contributed by atoms with van der Waals surface area (Å²) in [5.74, 6) is 1.05. The molecule has 0 aliphatic heterocycles. The monoisotopic (exact) mass is 343 g/mol. The van der Waals surface area contributed by atoms with Gasteiger partial charge in [0.15, 0.2) is 5.78 Å². The molecule has 1 saturated carbocycles. The molecule has 138 valence electrons. The Kier molecular flexibility index (Phi) is 7.22. The van der Waals surface area contributed by atoms with Gasteiger partial charge in [0.05, 0.1) is 6.04 Å². The van der Waals surface area contributed by atoms with E-state index in [2.05, 4.69) is 6.92 Å². The van der Waals surface area contributed by atoms with Crippen molar-refractivity contribution in [2.45, 2.75) is 71.8 Å². The number of amides is 1. The highest BCUT2D eigenvalue weighted by molar-refractivity contribution is 6.01. The smallest absolute Gasteiger partial charge is 0.226 e. The average molecular weight is 344 g/mol. The second kappa shape index (κ2) is 9.17. The Balaban J connectivity index is 1.91. The Labute approximate surface area is 152 Å². The van der Waals surface area contributed by atoms with E-state index in [0.717, 1.165) is 37.2 Å². The minimum absolute atomic E-state index is 0.0208. The van der Waals surface area contributed by atoms with E-state index in [9.17, 15) is 9.59 Å². The van der Waals surface area contributed by atoms with Gasteiger partial charge in [-0.3, -0.25) is 9.59 Å². The molecular formula is C22H33NO2. The van der Waals surface area contributed by atoms with Crippen molar-refractivity contribution in [3.8, 4) is 0 Å². The van der Waals surface area contributed by atoms with Gasteiger partial charge in [0.1, 0.15) is 0 Å². The third kappa shape index (κ3) is 5.17. The van der Waals surface area contributed by atoms with Crippen LogP contribution in [-0.2, 0) is 4.79 Å². The molecule has 1 aromatic rings. The molecule has 1 unspecified atom stereocenters. The molecule has 1 aliphatic rings. The van der Waals surface area contributed by atoms with Crippen molar-refractivity contribution in [2.24, 2.45) is 11.8 Å². The summed E-state index contributed by atoms with van der Waals surface area (Å²) in [6.45, 7) is 6.08. The zero-order valence-electron chi connectivity index (χ0n) is 16.3. The molecule has 0 bridgehead atoms. The van der Waals surface area contributed by atoms with E-state index >= 15 is 0 Å². The number of hydrogen-bond acceptors (Lipinski definition) is 2. The fraction of sp³-hybridized carbons (Fsp3) is 0.636. The molecule has 2 rings (SSSR count). The molecule has 1 atom stereocenters. The predicted octanol–water partition coefficient (Wildman–Crippen LogP) is 5.02. The normalized spacial score (nSPS) is 21.6. The lowest BCUT2D eigenvalue weighted by Crippen LogP contribution is -2.44. The number of benzene rings is 1. The average Bonchev–Trinajstić information content (AvgIpc) is 2.65. The number of rotatable bonds is 7. The summed E-state index contributed by atoms with van der Waals surface area (Å²) in [7, 11) is 1.78. The summed E-state index contributed by atoms with van der Waals surface area (Å²) in [4.78, 5) is 27.2. The van der Waals surface area contributed by atoms with Crippen LogP contribution in [0.2, 0.25) is 0 Å². The van der Waals surface area contributed by atoms with Crippen molar-refractivity contribution >= 4 is 11.7 Å². The van der Waals surface area contributed by atoms with E-state index in [1.54, 1.807) is 11.9 Å². The number of unbranched alkanes of at least 4 members (excludes halogenated alkanes) is 1. The Hall–Kier alpha value is -1.64. The van der Waals surface area contributed by atoms with Gasteiger partial charge in [0.25, 0.3) is 0 Å². The van der Waals surface area contributed by atoms with Gasteiger partial charge in [-0.25, -0.2) is 0 Å². The first-order chi connectivity index (χ1) is 11.9. The first kappa shape index (κ1) is 19.7. The number of hydrogen-bond donors (Lipinski definition) is 0. The van der Waals surface area contributed by atoms with Crippen LogP contribution >= 0.6 is 0 Å². The fourth-order valence-electron chi connectivity index (χ4n) is 3.80. The SMILES string of the molecule is CCCCC1CCC(C(=O)N(C)C(C)C(=O)c2ccc(C)cc2)CC1. The van der Waals surface area contributed by atoms with E-state index in [1.165, 1.54) is 19.3 Å². The number of nitrogens with zero attached hydrogens (tertiary/aromatic N) is 1. The van der Waals surface area contributed by atoms with Crippen molar-refractivity contribution in [3.63, 3.8) is 0 Å². The van der Waals surface area contributed by atoms with Crippen molar-refractivity contribution in [3.05, 3.63) is 35.4 Å². The summed E-state index contributed by atoms with van der Waals surface area (Å²) in [6, 6.07) is 7.18. The van der Waals surface area contributed by atoms with Gasteiger partial charge in [-0.15, -0.1) is 0 Å². The number of carbonyl (C=O) groups is 2. The fourth-order valence-corrected chi connectivity index (χ4v) is 3.80. The van der Waals surface area contributed by atoms with E-state index in [1.807, 2.05) is 38.1 Å². The van der Waals surface area contributed by atoms with Gasteiger partial charge in [-0.1, -0.05) is 56.0 Å². The topological polar surface area (TPSA) is 37.4 Å². The standard InChI is InChI=1S/C22H33NO2/c1-5-6-7-18-10-14-20(15-11-18)22(25)23(4)17(3)21(24)19-12-8-16(2)9-13-19/h8-9,12-13,17-18,20H,5-7,10-11,14-15H2,1-4H3. The van der Waals surface area contributed by atoms with E-state index < -0.39 is 6.04 Å². The Bertz CT molecular complexity index is 570. The van der Waals surface area contributed by atoms with Gasteiger partial charge in [0, 0.05) is 18.5 Å². The molecule has 1 aromatic carbocycles. The molecule has 3 heteroatoms. The van der Waals surface area contributed by atoms with E-state index in [0.29, 0.717) is 5.56 Å². The molecule has 3 nitrogen and oxygen atoms in total. The Morgan fingerprint density at radius 2 is 1.72 bits per heavy atom. The van der Waals surface area contributed by atoms with Crippen molar-refractivity contribution in [2.75, 3.05) is 7.05 Å². The molecule has 0 saturated heterocycles. The van der Waals surface area contributed by atoms with Gasteiger partial charge >= 0.3 is 0 Å². The minimum atomic E-state index is -0.409. The molecule has 0 N–H and O–H groups in total. The van der Waals surface area contributed by atoms with E-state index in [4.69, 9.17) is 0 Å². The van der Waals surface area contributed by atoms with Crippen molar-refractivity contribution < 1.29 is 9.59 Å². The number of likely N-dealkylation sites (N-methyl/N-ethyl adjacent to an activating group) is 1. The first-order valence-corrected chi connectivity index (χ1v) is 9.81. The molecule has 0 aromatic heterocycles. The number of carbonyl (C=O) groups excluding carboxylic acids is 2. The van der Waals surface area contributed by atoms with Crippen LogP contribution in [0.15, 0.2) is 24.3 Å². The second-order valence-electron chi connectivity index (χ2n) is 7.72. The molecule has 0 spiro atoms. The zero-order chi connectivity index (χ0) is 18.4. The van der Waals surface area contributed by atoms with Gasteiger partial charge in [0.2, 0.25) is 5.91 Å². The quantitative estimate of drug-likeness (QED) is 0.652. The van der Waals surface area contributed by atoms with Crippen LogP contribution in [0, 0.1) is 18.8 Å². The third-order valence-electron chi connectivity index (χ3n) is 5.81. The summed E-state index contributed by atoms with van der Waals surface area (Å²) in [5, 5.41) is 0. The third-order valence-corrected chi connectivity index (χ3v) is 5.81. The summed E-state index contributed by atoms with van der Waals surface area (Å²) >= 11 is 0. The van der Waals surface area contributed by atoms with E-state index in [-0.39, 0.29) is 17.6 Å². The Morgan fingerprint density at radius 3 is 2.28 bits per heavy atom. The maximum absolute atomic E-state index is 12.8. The minimum Gasteiger partial charge on any atom is -0.335 e. The van der Waals surface area contributed by atoms with Crippen LogP contribution in [0.1, 0.15) is 74.7 Å². The van der Waals surface area contributed by atoms with Crippen LogP contribution < -0.4 is 0 Å². The molecule has 0 heterocycles. The maximum atomic E-state index is 12.8. The summed E-state index contributed by atoms with van der Waals surface area (Å²) in [6.07, 6.45) is 8.11. The van der Waals surface area contributed by atoms with Crippen LogP contribution in [0.5, 0.6) is 0 Å². The van der Waals surface area contributed by atoms with Gasteiger partial charge in [-0.05, 0) is 45.4 Å². The van der Waals surface area contributed by atoms with Crippen LogP contribution in [-0.4, -0.2) is 29.7 Å². The lowest BCUT2D eigenvalue weighted by atomic mass is 9.79. The highest BCUT2D eigenvalue weighted by Gasteiger charge is 2.31. The number of aryl methyl sites for hydroxylation is 1. The van der Waals surface area contributed by atoms with Crippen LogP contribution in [0.4, 0.5) is 0 Å². The lowest BCUT2D eigenvalue weighted by molar-refractivity contribution is -0.136. The van der Waals surface area contributed by atoms with Crippen molar-refractivity contribution in [1.29, 1.82) is 0 Å². The molecule has 1 amide bonds. The Morgan fingerprint density at radius 1 is 1.12 bits per heavy atom. The maximum Gasteiger partial charge on any atom is 0.226 e. The number of ketones is 1. The zero-order valence-corrected chi connectivity index (χ0v) is 16.3.